The molecule has 3 heteroatoms. The van der Waals surface area contributed by atoms with Crippen LogP contribution in [0.5, 0.6) is 0 Å². The van der Waals surface area contributed by atoms with Crippen LogP contribution >= 0.6 is 15.9 Å². The molecule has 0 saturated heterocycles. The van der Waals surface area contributed by atoms with E-state index in [0.717, 1.165) is 30.2 Å². The molecule has 0 spiro atoms. The molecule has 0 amide bonds. The van der Waals surface area contributed by atoms with Gasteiger partial charge in [-0.1, -0.05) is 35.3 Å². The Morgan fingerprint density at radius 1 is 1.22 bits per heavy atom. The molecule has 102 valence electrons. The first-order valence-corrected chi connectivity index (χ1v) is 7.44. The maximum Gasteiger partial charge on any atom is 0.0694 e. The van der Waals surface area contributed by atoms with Gasteiger partial charge in [0.1, 0.15) is 0 Å². The van der Waals surface area contributed by atoms with Crippen LogP contribution < -0.4 is 5.73 Å². The molecular weight excluding hydrogens is 290 g/mol. The predicted molar refractivity (Wildman–Crippen MR) is 80.8 cm³/mol. The van der Waals surface area contributed by atoms with Crippen molar-refractivity contribution < 1.29 is 5.11 Å². The molecule has 2 unspecified atom stereocenters. The third-order valence-corrected chi connectivity index (χ3v) is 4.23. The second-order valence-electron chi connectivity index (χ2n) is 5.09. The van der Waals surface area contributed by atoms with Crippen LogP contribution in [0.2, 0.25) is 0 Å². The summed E-state index contributed by atoms with van der Waals surface area (Å²) in [4.78, 5) is 0. The van der Waals surface area contributed by atoms with Crippen molar-refractivity contribution in [3.8, 4) is 0 Å². The minimum Gasteiger partial charge on any atom is -0.392 e. The van der Waals surface area contributed by atoms with Gasteiger partial charge in [0.25, 0.3) is 0 Å². The summed E-state index contributed by atoms with van der Waals surface area (Å²) >= 11 is 3.59. The summed E-state index contributed by atoms with van der Waals surface area (Å²) in [6.45, 7) is 6.31. The van der Waals surface area contributed by atoms with Crippen LogP contribution in [0.15, 0.2) is 16.6 Å². The van der Waals surface area contributed by atoms with E-state index in [9.17, 15) is 5.11 Å². The zero-order valence-corrected chi connectivity index (χ0v) is 13.1. The van der Waals surface area contributed by atoms with Crippen molar-refractivity contribution in [3.63, 3.8) is 0 Å². The highest BCUT2D eigenvalue weighted by Crippen LogP contribution is 2.23. The van der Waals surface area contributed by atoms with Gasteiger partial charge >= 0.3 is 0 Å². The number of benzene rings is 1. The molecule has 0 aliphatic rings. The lowest BCUT2D eigenvalue weighted by molar-refractivity contribution is 0.131. The maximum absolute atomic E-state index is 9.98. The van der Waals surface area contributed by atoms with E-state index in [-0.39, 0.29) is 6.04 Å². The third-order valence-electron chi connectivity index (χ3n) is 3.49. The summed E-state index contributed by atoms with van der Waals surface area (Å²) in [6.07, 6.45) is 3.09. The number of aliphatic hydroxyl groups excluding tert-OH is 1. The average molecular weight is 314 g/mol. The van der Waals surface area contributed by atoms with E-state index < -0.39 is 6.10 Å². The number of aryl methyl sites for hydroxylation is 3. The summed E-state index contributed by atoms with van der Waals surface area (Å²) in [5, 5.41) is 9.98. The molecule has 1 rings (SSSR count). The van der Waals surface area contributed by atoms with E-state index in [1.807, 2.05) is 0 Å². The van der Waals surface area contributed by atoms with Gasteiger partial charge in [0, 0.05) is 10.5 Å². The van der Waals surface area contributed by atoms with E-state index in [2.05, 4.69) is 48.8 Å². The molecule has 0 aromatic heterocycles. The fourth-order valence-electron chi connectivity index (χ4n) is 2.08. The van der Waals surface area contributed by atoms with Crippen molar-refractivity contribution in [1.29, 1.82) is 0 Å². The first-order valence-electron chi connectivity index (χ1n) is 6.65. The Hall–Kier alpha value is -0.380. The Labute approximate surface area is 119 Å². The van der Waals surface area contributed by atoms with Crippen LogP contribution in [0.3, 0.4) is 0 Å². The van der Waals surface area contributed by atoms with Crippen LogP contribution in [0, 0.1) is 13.8 Å². The molecule has 0 aliphatic heterocycles. The Bertz CT molecular complexity index is 392. The van der Waals surface area contributed by atoms with Crippen molar-refractivity contribution in [2.75, 3.05) is 0 Å². The van der Waals surface area contributed by atoms with Crippen molar-refractivity contribution in [1.82, 2.24) is 0 Å². The summed E-state index contributed by atoms with van der Waals surface area (Å²) in [5.41, 5.74) is 9.75. The summed E-state index contributed by atoms with van der Waals surface area (Å²) < 4.78 is 1.13. The van der Waals surface area contributed by atoms with E-state index in [1.54, 1.807) is 0 Å². The molecule has 0 bridgehead atoms. The van der Waals surface area contributed by atoms with Crippen LogP contribution in [-0.4, -0.2) is 17.3 Å². The van der Waals surface area contributed by atoms with Gasteiger partial charge in [-0.15, -0.1) is 0 Å². The lowest BCUT2D eigenvalue weighted by atomic mass is 9.98. The summed E-state index contributed by atoms with van der Waals surface area (Å²) in [7, 11) is 0. The topological polar surface area (TPSA) is 46.2 Å². The minimum absolute atomic E-state index is 0.0969. The van der Waals surface area contributed by atoms with Crippen molar-refractivity contribution >= 4 is 15.9 Å². The minimum atomic E-state index is -0.404. The largest absolute Gasteiger partial charge is 0.392 e. The molecule has 0 aliphatic carbocycles. The van der Waals surface area contributed by atoms with Crippen LogP contribution in [-0.2, 0) is 6.42 Å². The monoisotopic (exact) mass is 313 g/mol. The van der Waals surface area contributed by atoms with Gasteiger partial charge in [0.2, 0.25) is 0 Å². The van der Waals surface area contributed by atoms with Crippen molar-refractivity contribution in [2.45, 2.75) is 58.6 Å². The molecule has 0 fully saturated rings. The van der Waals surface area contributed by atoms with E-state index >= 15 is 0 Å². The van der Waals surface area contributed by atoms with Gasteiger partial charge in [-0.05, 0) is 55.9 Å². The van der Waals surface area contributed by atoms with Crippen LogP contribution in [0.4, 0.5) is 0 Å². The predicted octanol–water partition coefficient (Wildman–Crippen LogP) is 3.49. The smallest absolute Gasteiger partial charge is 0.0694 e. The van der Waals surface area contributed by atoms with Gasteiger partial charge < -0.3 is 10.8 Å². The molecule has 3 N–H and O–H groups in total. The summed E-state index contributed by atoms with van der Waals surface area (Å²) in [6, 6.07) is 4.24. The van der Waals surface area contributed by atoms with Gasteiger partial charge in [-0.3, -0.25) is 0 Å². The maximum atomic E-state index is 9.98. The van der Waals surface area contributed by atoms with Crippen LogP contribution in [0.1, 0.15) is 42.9 Å². The van der Waals surface area contributed by atoms with Gasteiger partial charge in [-0.25, -0.2) is 0 Å². The molecule has 2 atom stereocenters. The van der Waals surface area contributed by atoms with Crippen molar-refractivity contribution in [3.05, 3.63) is 33.3 Å². The Morgan fingerprint density at radius 2 is 1.83 bits per heavy atom. The number of rotatable bonds is 6. The standard InChI is InChI=1S/C15H24BrNO/c1-4-5-14(17)15(18)7-6-12-8-10(2)11(3)9-13(12)16/h8-9,14-15,18H,4-7,17H2,1-3H3. The Morgan fingerprint density at radius 3 is 2.44 bits per heavy atom. The normalized spacial score (nSPS) is 14.6. The third kappa shape index (κ3) is 4.38. The molecule has 1 aromatic carbocycles. The van der Waals surface area contributed by atoms with Gasteiger partial charge in [0.05, 0.1) is 6.10 Å². The lowest BCUT2D eigenvalue weighted by Gasteiger charge is -2.18. The molecule has 2 nitrogen and oxygen atoms in total. The zero-order chi connectivity index (χ0) is 13.7. The number of hydrogen-bond donors (Lipinski definition) is 2. The average Bonchev–Trinajstić information content (AvgIpc) is 2.32. The molecule has 0 heterocycles. The number of aliphatic hydroxyl groups is 1. The second-order valence-corrected chi connectivity index (χ2v) is 5.94. The molecule has 0 radical (unpaired) electrons. The molecule has 0 saturated carbocycles. The zero-order valence-electron chi connectivity index (χ0n) is 11.5. The Kier molecular flexibility index (Phi) is 6.33. The summed E-state index contributed by atoms with van der Waals surface area (Å²) in [5.74, 6) is 0. The highest BCUT2D eigenvalue weighted by molar-refractivity contribution is 9.10. The van der Waals surface area contributed by atoms with Crippen LogP contribution in [0.25, 0.3) is 0 Å². The molecule has 18 heavy (non-hydrogen) atoms. The first-order chi connectivity index (χ1) is 8.45. The van der Waals surface area contributed by atoms with Crippen molar-refractivity contribution in [2.24, 2.45) is 5.73 Å². The fraction of sp³-hybridized carbons (Fsp3) is 0.600. The van der Waals surface area contributed by atoms with E-state index in [4.69, 9.17) is 5.73 Å². The number of halogens is 1. The Balaban J connectivity index is 2.61. The highest BCUT2D eigenvalue weighted by atomic mass is 79.9. The number of hydrogen-bond acceptors (Lipinski definition) is 2. The SMILES string of the molecule is CCCC(N)C(O)CCc1cc(C)c(C)cc1Br. The fourth-order valence-corrected chi connectivity index (χ4v) is 2.73. The number of nitrogens with two attached hydrogens (primary N) is 1. The van der Waals surface area contributed by atoms with Gasteiger partial charge in [0.15, 0.2) is 0 Å². The van der Waals surface area contributed by atoms with E-state index in [1.165, 1.54) is 16.7 Å². The highest BCUT2D eigenvalue weighted by Gasteiger charge is 2.14. The lowest BCUT2D eigenvalue weighted by Crippen LogP contribution is -2.34. The van der Waals surface area contributed by atoms with Gasteiger partial charge in [-0.2, -0.15) is 0 Å². The first kappa shape index (κ1) is 15.7. The van der Waals surface area contributed by atoms with E-state index in [0.29, 0.717) is 0 Å². The molecule has 1 aromatic rings. The molecular formula is C15H24BrNO. The quantitative estimate of drug-likeness (QED) is 0.844. The second kappa shape index (κ2) is 7.27.